The minimum absolute atomic E-state index is 0.504. The predicted molar refractivity (Wildman–Crippen MR) is 63.3 cm³/mol. The lowest BCUT2D eigenvalue weighted by atomic mass is 10.2. The van der Waals surface area contributed by atoms with E-state index >= 15 is 0 Å². The van der Waals surface area contributed by atoms with Crippen LogP contribution in [0.1, 0.15) is 5.56 Å². The number of nitrogens with zero attached hydrogens (tertiary/aromatic N) is 1. The molecule has 0 aliphatic heterocycles. The summed E-state index contributed by atoms with van der Waals surface area (Å²) in [6.07, 6.45) is 2.22. The molecule has 0 fully saturated rings. The number of nitro groups is 1. The van der Waals surface area contributed by atoms with Gasteiger partial charge in [0.2, 0.25) is 6.20 Å². The molecule has 86 valence electrons. The average molecular weight is 288 g/mol. The topological polar surface area (TPSA) is 61.6 Å². The van der Waals surface area contributed by atoms with Crippen LogP contribution in [0.3, 0.4) is 0 Å². The van der Waals surface area contributed by atoms with Gasteiger partial charge in [0, 0.05) is 22.2 Å². The molecular formula is C10H10BrNO4. The molecule has 0 heterocycles. The fourth-order valence-corrected chi connectivity index (χ4v) is 1.71. The molecule has 0 N–H and O–H groups in total. The molecule has 6 heteroatoms. The van der Waals surface area contributed by atoms with Gasteiger partial charge in [-0.1, -0.05) is 0 Å². The summed E-state index contributed by atoms with van der Waals surface area (Å²) in [4.78, 5) is 9.71. The number of halogens is 1. The third-order valence-corrected chi connectivity index (χ3v) is 2.54. The van der Waals surface area contributed by atoms with Crippen molar-refractivity contribution in [3.8, 4) is 11.5 Å². The van der Waals surface area contributed by atoms with E-state index in [2.05, 4.69) is 15.9 Å². The van der Waals surface area contributed by atoms with E-state index < -0.39 is 4.92 Å². The molecule has 0 atom stereocenters. The van der Waals surface area contributed by atoms with Crippen LogP contribution in [0.25, 0.3) is 6.08 Å². The van der Waals surface area contributed by atoms with E-state index in [0.717, 1.165) is 6.20 Å². The van der Waals surface area contributed by atoms with Gasteiger partial charge in [-0.25, -0.2) is 0 Å². The Morgan fingerprint density at radius 3 is 2.56 bits per heavy atom. The van der Waals surface area contributed by atoms with Crippen molar-refractivity contribution in [2.45, 2.75) is 0 Å². The number of ether oxygens (including phenoxy) is 2. The Hall–Kier alpha value is -1.56. The fraction of sp³-hybridized carbons (Fsp3) is 0.200. The Labute approximate surface area is 101 Å². The molecule has 0 saturated heterocycles. The Morgan fingerprint density at radius 2 is 2.06 bits per heavy atom. The van der Waals surface area contributed by atoms with Gasteiger partial charge in [0.25, 0.3) is 0 Å². The van der Waals surface area contributed by atoms with Gasteiger partial charge >= 0.3 is 0 Å². The minimum Gasteiger partial charge on any atom is -0.497 e. The molecular weight excluding hydrogens is 278 g/mol. The number of hydrogen-bond donors (Lipinski definition) is 0. The highest BCUT2D eigenvalue weighted by Crippen LogP contribution is 2.33. The van der Waals surface area contributed by atoms with Crippen molar-refractivity contribution in [2.75, 3.05) is 14.2 Å². The van der Waals surface area contributed by atoms with Gasteiger partial charge in [0.15, 0.2) is 0 Å². The second kappa shape index (κ2) is 5.50. The zero-order chi connectivity index (χ0) is 12.1. The van der Waals surface area contributed by atoms with Crippen molar-refractivity contribution in [3.63, 3.8) is 0 Å². The van der Waals surface area contributed by atoms with E-state index in [1.807, 2.05) is 0 Å². The summed E-state index contributed by atoms with van der Waals surface area (Å²) in [6.45, 7) is 0. The molecule has 0 spiro atoms. The van der Waals surface area contributed by atoms with Gasteiger partial charge in [-0.2, -0.15) is 0 Å². The van der Waals surface area contributed by atoms with Crippen LogP contribution in [0, 0.1) is 10.1 Å². The first-order valence-corrected chi connectivity index (χ1v) is 5.11. The smallest absolute Gasteiger partial charge is 0.235 e. The van der Waals surface area contributed by atoms with Crippen LogP contribution in [0.15, 0.2) is 22.8 Å². The Morgan fingerprint density at radius 1 is 1.38 bits per heavy atom. The van der Waals surface area contributed by atoms with Crippen LogP contribution in [-0.4, -0.2) is 19.1 Å². The normalized spacial score (nSPS) is 10.4. The highest BCUT2D eigenvalue weighted by molar-refractivity contribution is 9.10. The summed E-state index contributed by atoms with van der Waals surface area (Å²) in [7, 11) is 3.03. The maximum Gasteiger partial charge on any atom is 0.235 e. The average Bonchev–Trinajstić information content (AvgIpc) is 2.26. The molecule has 0 aliphatic carbocycles. The summed E-state index contributed by atoms with van der Waals surface area (Å²) in [5.41, 5.74) is 0.597. The maximum atomic E-state index is 10.2. The van der Waals surface area contributed by atoms with Crippen molar-refractivity contribution in [3.05, 3.63) is 38.5 Å². The third-order valence-electron chi connectivity index (χ3n) is 1.88. The molecule has 0 amide bonds. The summed E-state index contributed by atoms with van der Waals surface area (Å²) in [5.74, 6) is 1.12. The van der Waals surface area contributed by atoms with Crippen LogP contribution in [0.4, 0.5) is 0 Å². The monoisotopic (exact) mass is 287 g/mol. The number of hydrogen-bond acceptors (Lipinski definition) is 4. The molecule has 0 saturated carbocycles. The van der Waals surface area contributed by atoms with Crippen molar-refractivity contribution < 1.29 is 14.4 Å². The first-order chi connectivity index (χ1) is 7.58. The molecule has 0 radical (unpaired) electrons. The third kappa shape index (κ3) is 2.96. The van der Waals surface area contributed by atoms with Crippen molar-refractivity contribution in [1.29, 1.82) is 0 Å². The quantitative estimate of drug-likeness (QED) is 0.631. The van der Waals surface area contributed by atoms with Crippen molar-refractivity contribution in [2.24, 2.45) is 0 Å². The van der Waals surface area contributed by atoms with Gasteiger partial charge < -0.3 is 9.47 Å². The Kier molecular flexibility index (Phi) is 4.30. The molecule has 0 unspecified atom stereocenters. The first kappa shape index (κ1) is 12.5. The summed E-state index contributed by atoms with van der Waals surface area (Å²) in [6, 6.07) is 3.37. The van der Waals surface area contributed by atoms with Gasteiger partial charge in [-0.05, 0) is 22.0 Å². The largest absolute Gasteiger partial charge is 0.497 e. The lowest BCUT2D eigenvalue weighted by molar-refractivity contribution is -0.400. The predicted octanol–water partition coefficient (Wildman–Crippen LogP) is 2.71. The second-order valence-corrected chi connectivity index (χ2v) is 3.68. The molecule has 1 rings (SSSR count). The van der Waals surface area contributed by atoms with E-state index in [-0.39, 0.29) is 0 Å². The van der Waals surface area contributed by atoms with Gasteiger partial charge in [0.1, 0.15) is 11.5 Å². The highest BCUT2D eigenvalue weighted by Gasteiger charge is 2.08. The van der Waals surface area contributed by atoms with Crippen LogP contribution in [0.2, 0.25) is 0 Å². The standard InChI is InChI=1S/C10H10BrNO4/c1-15-7-5-9(11)8(3-4-12(13)14)10(6-7)16-2/h3-6H,1-2H3/b4-3+. The minimum atomic E-state index is -0.532. The van der Waals surface area contributed by atoms with Crippen LogP contribution >= 0.6 is 15.9 Å². The SMILES string of the molecule is COc1cc(Br)c(/C=C/[N+](=O)[O-])c(OC)c1. The molecule has 0 aromatic heterocycles. The molecule has 5 nitrogen and oxygen atoms in total. The van der Waals surface area contributed by atoms with Crippen LogP contribution in [-0.2, 0) is 0 Å². The van der Waals surface area contributed by atoms with Gasteiger partial charge in [-0.3, -0.25) is 10.1 Å². The van der Waals surface area contributed by atoms with E-state index in [1.54, 1.807) is 12.1 Å². The zero-order valence-electron chi connectivity index (χ0n) is 8.77. The lowest BCUT2D eigenvalue weighted by Crippen LogP contribution is -1.92. The summed E-state index contributed by atoms with van der Waals surface area (Å²) in [5, 5.41) is 10.2. The number of methoxy groups -OCH3 is 2. The van der Waals surface area contributed by atoms with E-state index in [9.17, 15) is 10.1 Å². The van der Waals surface area contributed by atoms with Crippen molar-refractivity contribution >= 4 is 22.0 Å². The molecule has 0 bridgehead atoms. The Balaban J connectivity index is 3.21. The second-order valence-electron chi connectivity index (χ2n) is 2.83. The summed E-state index contributed by atoms with van der Waals surface area (Å²) >= 11 is 3.30. The van der Waals surface area contributed by atoms with Gasteiger partial charge in [-0.15, -0.1) is 0 Å². The van der Waals surface area contributed by atoms with Gasteiger partial charge in [0.05, 0.1) is 19.1 Å². The zero-order valence-corrected chi connectivity index (χ0v) is 10.4. The number of benzene rings is 1. The lowest BCUT2D eigenvalue weighted by Gasteiger charge is -2.09. The molecule has 0 aliphatic rings. The molecule has 1 aromatic carbocycles. The van der Waals surface area contributed by atoms with E-state index in [0.29, 0.717) is 21.5 Å². The Bertz CT molecular complexity index is 431. The van der Waals surface area contributed by atoms with Crippen LogP contribution < -0.4 is 9.47 Å². The van der Waals surface area contributed by atoms with E-state index in [4.69, 9.17) is 9.47 Å². The fourth-order valence-electron chi connectivity index (χ4n) is 1.15. The molecule has 1 aromatic rings. The summed E-state index contributed by atoms with van der Waals surface area (Å²) < 4.78 is 10.8. The van der Waals surface area contributed by atoms with E-state index in [1.165, 1.54) is 20.3 Å². The molecule has 16 heavy (non-hydrogen) atoms. The maximum absolute atomic E-state index is 10.2. The van der Waals surface area contributed by atoms with Crippen LogP contribution in [0.5, 0.6) is 11.5 Å². The first-order valence-electron chi connectivity index (χ1n) is 4.31. The number of rotatable bonds is 4. The van der Waals surface area contributed by atoms with Crippen molar-refractivity contribution in [1.82, 2.24) is 0 Å². The highest BCUT2D eigenvalue weighted by atomic mass is 79.9.